The van der Waals surface area contributed by atoms with Crippen LogP contribution < -0.4 is 16.6 Å². The molecule has 0 radical (unpaired) electrons. The van der Waals surface area contributed by atoms with Crippen LogP contribution in [-0.2, 0) is 12.8 Å². The molecule has 0 spiro atoms. The Morgan fingerprint density at radius 2 is 2.19 bits per heavy atom. The average Bonchev–Trinajstić information content (AvgIpc) is 3.00. The van der Waals surface area contributed by atoms with Crippen LogP contribution in [0.4, 0.5) is 5.82 Å². The van der Waals surface area contributed by atoms with Gasteiger partial charge in [0.25, 0.3) is 5.91 Å². The van der Waals surface area contributed by atoms with Crippen molar-refractivity contribution in [3.8, 4) is 0 Å². The van der Waals surface area contributed by atoms with Gasteiger partial charge in [-0.3, -0.25) is 4.79 Å². The van der Waals surface area contributed by atoms with E-state index in [0.717, 1.165) is 30.7 Å². The van der Waals surface area contributed by atoms with Crippen LogP contribution in [0.25, 0.3) is 0 Å². The van der Waals surface area contributed by atoms with Gasteiger partial charge in [0, 0.05) is 29.6 Å². The maximum absolute atomic E-state index is 12.2. The van der Waals surface area contributed by atoms with Crippen LogP contribution in [0, 0.1) is 0 Å². The van der Waals surface area contributed by atoms with Crippen LogP contribution in [-0.4, -0.2) is 22.4 Å². The molecular formula is C14H19N5OS. The molecule has 0 aliphatic heterocycles. The van der Waals surface area contributed by atoms with Crippen molar-refractivity contribution < 1.29 is 4.79 Å². The summed E-state index contributed by atoms with van der Waals surface area (Å²) in [5.74, 6) is 5.78. The van der Waals surface area contributed by atoms with Crippen molar-refractivity contribution in [2.24, 2.45) is 5.84 Å². The second kappa shape index (κ2) is 7.70. The molecule has 0 aliphatic rings. The van der Waals surface area contributed by atoms with Gasteiger partial charge in [-0.15, -0.1) is 11.3 Å². The smallest absolute Gasteiger partial charge is 0.251 e. The van der Waals surface area contributed by atoms with E-state index in [-0.39, 0.29) is 5.91 Å². The standard InChI is InChI=1S/C14H19N5OS/c1-2-3-11-6-10(7-13(18-11)19-15)14(20)16-5-4-12-8-21-9-17-12/h6-9H,2-5,15H2,1H3,(H,16,20)(H,18,19). The van der Waals surface area contributed by atoms with Gasteiger partial charge in [-0.2, -0.15) is 0 Å². The highest BCUT2D eigenvalue weighted by atomic mass is 32.1. The number of amides is 1. The Balaban J connectivity index is 1.98. The van der Waals surface area contributed by atoms with Crippen LogP contribution in [0.15, 0.2) is 23.0 Å². The molecule has 0 bridgehead atoms. The number of anilines is 1. The zero-order valence-electron chi connectivity index (χ0n) is 11.9. The normalized spacial score (nSPS) is 10.4. The zero-order chi connectivity index (χ0) is 15.1. The summed E-state index contributed by atoms with van der Waals surface area (Å²) in [6, 6.07) is 3.46. The van der Waals surface area contributed by atoms with Crippen molar-refractivity contribution in [2.45, 2.75) is 26.2 Å². The Morgan fingerprint density at radius 3 is 2.86 bits per heavy atom. The van der Waals surface area contributed by atoms with Gasteiger partial charge in [0.1, 0.15) is 5.82 Å². The number of nitrogens with zero attached hydrogens (tertiary/aromatic N) is 2. The highest BCUT2D eigenvalue weighted by Gasteiger charge is 2.09. The van der Waals surface area contributed by atoms with Crippen LogP contribution in [0.2, 0.25) is 0 Å². The fourth-order valence-electron chi connectivity index (χ4n) is 1.94. The first-order chi connectivity index (χ1) is 10.2. The van der Waals surface area contributed by atoms with E-state index < -0.39 is 0 Å². The molecule has 0 saturated carbocycles. The molecule has 2 aromatic heterocycles. The van der Waals surface area contributed by atoms with E-state index >= 15 is 0 Å². The van der Waals surface area contributed by atoms with Crippen LogP contribution in [0.1, 0.15) is 35.1 Å². The lowest BCUT2D eigenvalue weighted by Crippen LogP contribution is -2.26. The van der Waals surface area contributed by atoms with Crippen molar-refractivity contribution in [1.82, 2.24) is 15.3 Å². The molecule has 0 fully saturated rings. The number of thiazole rings is 1. The van der Waals surface area contributed by atoms with Crippen molar-refractivity contribution in [2.75, 3.05) is 12.0 Å². The number of hydrogen-bond acceptors (Lipinski definition) is 6. The summed E-state index contributed by atoms with van der Waals surface area (Å²) < 4.78 is 0. The molecule has 2 rings (SSSR count). The van der Waals surface area contributed by atoms with Crippen molar-refractivity contribution in [3.05, 3.63) is 40.0 Å². The number of aromatic nitrogens is 2. The molecule has 21 heavy (non-hydrogen) atoms. The summed E-state index contributed by atoms with van der Waals surface area (Å²) in [7, 11) is 0. The van der Waals surface area contributed by atoms with E-state index in [4.69, 9.17) is 5.84 Å². The molecule has 0 atom stereocenters. The maximum Gasteiger partial charge on any atom is 0.251 e. The van der Waals surface area contributed by atoms with Crippen molar-refractivity contribution in [3.63, 3.8) is 0 Å². The van der Waals surface area contributed by atoms with Crippen molar-refractivity contribution in [1.29, 1.82) is 0 Å². The number of carbonyl (C=O) groups excluding carboxylic acids is 1. The predicted octanol–water partition coefficient (Wildman–Crippen LogP) is 1.75. The largest absolute Gasteiger partial charge is 0.352 e. The fraction of sp³-hybridized carbons (Fsp3) is 0.357. The Hall–Kier alpha value is -1.99. The number of hydrazine groups is 1. The highest BCUT2D eigenvalue weighted by molar-refractivity contribution is 7.07. The lowest BCUT2D eigenvalue weighted by molar-refractivity contribution is 0.0954. The first kappa shape index (κ1) is 15.4. The van der Waals surface area contributed by atoms with Gasteiger partial charge in [-0.1, -0.05) is 13.3 Å². The molecule has 1 amide bonds. The molecule has 0 saturated heterocycles. The Bertz CT molecular complexity index is 585. The number of carbonyl (C=O) groups is 1. The number of nitrogens with one attached hydrogen (secondary N) is 2. The molecule has 6 nitrogen and oxygen atoms in total. The van der Waals surface area contributed by atoms with E-state index in [0.29, 0.717) is 17.9 Å². The molecule has 2 aromatic rings. The third-order valence-electron chi connectivity index (χ3n) is 2.94. The summed E-state index contributed by atoms with van der Waals surface area (Å²) in [5, 5.41) is 4.87. The van der Waals surface area contributed by atoms with E-state index in [2.05, 4.69) is 27.6 Å². The maximum atomic E-state index is 12.2. The van der Waals surface area contributed by atoms with Gasteiger partial charge >= 0.3 is 0 Å². The van der Waals surface area contributed by atoms with Crippen LogP contribution in [0.5, 0.6) is 0 Å². The van der Waals surface area contributed by atoms with Crippen LogP contribution in [0.3, 0.4) is 0 Å². The summed E-state index contributed by atoms with van der Waals surface area (Å²) in [6.07, 6.45) is 2.50. The average molecular weight is 305 g/mol. The van der Waals surface area contributed by atoms with Gasteiger partial charge < -0.3 is 10.7 Å². The monoisotopic (exact) mass is 305 g/mol. The topological polar surface area (TPSA) is 92.9 Å². The lowest BCUT2D eigenvalue weighted by Gasteiger charge is -2.08. The van der Waals surface area contributed by atoms with Gasteiger partial charge in [0.05, 0.1) is 11.2 Å². The Labute approximate surface area is 127 Å². The third-order valence-corrected chi connectivity index (χ3v) is 3.58. The number of aryl methyl sites for hydroxylation is 1. The number of rotatable bonds is 7. The Kier molecular flexibility index (Phi) is 5.65. The molecule has 112 valence electrons. The van der Waals surface area contributed by atoms with Crippen LogP contribution >= 0.6 is 11.3 Å². The molecular weight excluding hydrogens is 286 g/mol. The van der Waals surface area contributed by atoms with Gasteiger partial charge in [-0.05, 0) is 18.6 Å². The van der Waals surface area contributed by atoms with Gasteiger partial charge in [-0.25, -0.2) is 15.8 Å². The second-order valence-electron chi connectivity index (χ2n) is 4.61. The molecule has 0 aromatic carbocycles. The second-order valence-corrected chi connectivity index (χ2v) is 5.33. The molecule has 4 N–H and O–H groups in total. The lowest BCUT2D eigenvalue weighted by atomic mass is 10.1. The summed E-state index contributed by atoms with van der Waals surface area (Å²) in [5.41, 5.74) is 6.71. The minimum Gasteiger partial charge on any atom is -0.352 e. The third kappa shape index (κ3) is 4.51. The summed E-state index contributed by atoms with van der Waals surface area (Å²) in [4.78, 5) is 20.7. The predicted molar refractivity (Wildman–Crippen MR) is 84.2 cm³/mol. The zero-order valence-corrected chi connectivity index (χ0v) is 12.7. The van der Waals surface area contributed by atoms with Gasteiger partial charge in [0.2, 0.25) is 0 Å². The molecule has 0 unspecified atom stereocenters. The van der Waals surface area contributed by atoms with E-state index in [9.17, 15) is 4.79 Å². The van der Waals surface area contributed by atoms with Gasteiger partial charge in [0.15, 0.2) is 0 Å². The van der Waals surface area contributed by atoms with E-state index in [1.54, 1.807) is 22.9 Å². The fourth-order valence-corrected chi connectivity index (χ4v) is 2.54. The number of nitrogens with two attached hydrogens (primary N) is 1. The van der Waals surface area contributed by atoms with Crippen molar-refractivity contribution >= 4 is 23.1 Å². The quantitative estimate of drug-likeness (QED) is 0.535. The molecule has 0 aliphatic carbocycles. The number of pyridine rings is 1. The Morgan fingerprint density at radius 1 is 1.33 bits per heavy atom. The summed E-state index contributed by atoms with van der Waals surface area (Å²) >= 11 is 1.55. The summed E-state index contributed by atoms with van der Waals surface area (Å²) in [6.45, 7) is 2.62. The minimum atomic E-state index is -0.124. The number of nitrogen functional groups attached to an aromatic ring is 1. The first-order valence-corrected chi connectivity index (χ1v) is 7.80. The SMILES string of the molecule is CCCc1cc(C(=O)NCCc2cscn2)cc(NN)n1. The van der Waals surface area contributed by atoms with E-state index in [1.165, 1.54) is 0 Å². The molecule has 7 heteroatoms. The number of hydrogen-bond donors (Lipinski definition) is 3. The minimum absolute atomic E-state index is 0.124. The highest BCUT2D eigenvalue weighted by Crippen LogP contribution is 2.11. The molecule has 2 heterocycles. The van der Waals surface area contributed by atoms with E-state index in [1.807, 2.05) is 11.4 Å². The first-order valence-electron chi connectivity index (χ1n) is 6.85.